The molecule has 2 nitrogen and oxygen atoms in total. The van der Waals surface area contributed by atoms with Crippen LogP contribution in [0.15, 0.2) is 18.2 Å². The maximum absolute atomic E-state index is 13.1. The predicted molar refractivity (Wildman–Crippen MR) is 65.1 cm³/mol. The lowest BCUT2D eigenvalue weighted by Crippen LogP contribution is -2.13. The van der Waals surface area contributed by atoms with E-state index in [1.54, 1.807) is 6.07 Å². The molecule has 1 N–H and O–H groups in total. The Balaban J connectivity index is 1.98. The lowest BCUT2D eigenvalue weighted by Gasteiger charge is -2.11. The van der Waals surface area contributed by atoms with Crippen LogP contribution in [0.25, 0.3) is 0 Å². The summed E-state index contributed by atoms with van der Waals surface area (Å²) in [6, 6.07) is 6.31. The summed E-state index contributed by atoms with van der Waals surface area (Å²) < 4.78 is 13.1. The van der Waals surface area contributed by atoms with Crippen LogP contribution in [-0.4, -0.2) is 17.5 Å². The van der Waals surface area contributed by atoms with Crippen LogP contribution < -0.4 is 5.32 Å². The molecule has 0 radical (unpaired) electrons. The molecule has 16 heavy (non-hydrogen) atoms. The molecule has 1 fully saturated rings. The highest BCUT2D eigenvalue weighted by Crippen LogP contribution is 2.26. The fourth-order valence-electron chi connectivity index (χ4n) is 1.79. The number of hydrogen-bond donors (Lipinski definition) is 1. The van der Waals surface area contributed by atoms with Crippen molar-refractivity contribution in [3.63, 3.8) is 0 Å². The molecule has 1 aliphatic heterocycles. The van der Waals surface area contributed by atoms with E-state index in [2.05, 4.69) is 5.32 Å². The van der Waals surface area contributed by atoms with Crippen LogP contribution in [-0.2, 0) is 0 Å². The molecular formula is C12H13FN2S. The van der Waals surface area contributed by atoms with Crippen molar-refractivity contribution in [1.82, 2.24) is 0 Å². The van der Waals surface area contributed by atoms with Gasteiger partial charge in [-0.1, -0.05) is 0 Å². The van der Waals surface area contributed by atoms with E-state index >= 15 is 0 Å². The van der Waals surface area contributed by atoms with Crippen LogP contribution >= 0.6 is 11.8 Å². The fourth-order valence-corrected chi connectivity index (χ4v) is 2.99. The van der Waals surface area contributed by atoms with E-state index < -0.39 is 0 Å². The van der Waals surface area contributed by atoms with Crippen molar-refractivity contribution in [2.45, 2.75) is 18.1 Å². The number of rotatable bonds is 3. The molecule has 84 valence electrons. The molecule has 1 unspecified atom stereocenters. The summed E-state index contributed by atoms with van der Waals surface area (Å²) in [6.45, 7) is 0.846. The summed E-state index contributed by atoms with van der Waals surface area (Å²) >= 11 is 1.95. The highest BCUT2D eigenvalue weighted by Gasteiger charge is 2.15. The molecule has 1 aromatic rings. The lowest BCUT2D eigenvalue weighted by molar-refractivity contribution is 0.627. The molecule has 0 aromatic heterocycles. The van der Waals surface area contributed by atoms with Crippen LogP contribution in [0.1, 0.15) is 18.4 Å². The van der Waals surface area contributed by atoms with Gasteiger partial charge in [-0.25, -0.2) is 4.39 Å². The molecule has 1 atom stereocenters. The Labute approximate surface area is 98.8 Å². The van der Waals surface area contributed by atoms with Gasteiger partial charge in [0.15, 0.2) is 0 Å². The monoisotopic (exact) mass is 236 g/mol. The molecular weight excluding hydrogens is 223 g/mol. The average Bonchev–Trinajstić information content (AvgIpc) is 2.78. The van der Waals surface area contributed by atoms with Crippen LogP contribution in [0.4, 0.5) is 10.1 Å². The van der Waals surface area contributed by atoms with E-state index in [9.17, 15) is 4.39 Å². The first-order chi connectivity index (χ1) is 7.78. The molecule has 2 rings (SSSR count). The zero-order valence-corrected chi connectivity index (χ0v) is 9.69. The first-order valence-corrected chi connectivity index (χ1v) is 6.39. The number of anilines is 1. The largest absolute Gasteiger partial charge is 0.384 e. The van der Waals surface area contributed by atoms with Gasteiger partial charge in [-0.2, -0.15) is 17.0 Å². The number of thioether (sulfide) groups is 1. The Morgan fingerprint density at radius 1 is 1.50 bits per heavy atom. The average molecular weight is 236 g/mol. The molecule has 1 aromatic carbocycles. The number of benzene rings is 1. The van der Waals surface area contributed by atoms with Gasteiger partial charge in [0, 0.05) is 17.5 Å². The van der Waals surface area contributed by atoms with Crippen molar-refractivity contribution in [2.75, 3.05) is 17.6 Å². The highest BCUT2D eigenvalue weighted by atomic mass is 32.2. The molecule has 1 heterocycles. The van der Waals surface area contributed by atoms with Crippen molar-refractivity contribution in [3.05, 3.63) is 29.6 Å². The SMILES string of the molecule is N#Cc1cc(F)cc(NCC2CCCS2)c1. The molecule has 0 spiro atoms. The van der Waals surface area contributed by atoms with Gasteiger partial charge in [0.2, 0.25) is 0 Å². The zero-order chi connectivity index (χ0) is 11.4. The molecule has 0 aliphatic carbocycles. The third-order valence-corrected chi connectivity index (χ3v) is 3.98. The van der Waals surface area contributed by atoms with Gasteiger partial charge >= 0.3 is 0 Å². The van der Waals surface area contributed by atoms with Gasteiger partial charge < -0.3 is 5.32 Å². The van der Waals surface area contributed by atoms with Crippen molar-refractivity contribution in [2.24, 2.45) is 0 Å². The summed E-state index contributed by atoms with van der Waals surface area (Å²) in [6.07, 6.45) is 2.49. The van der Waals surface area contributed by atoms with Gasteiger partial charge in [-0.15, -0.1) is 0 Å². The topological polar surface area (TPSA) is 35.8 Å². The van der Waals surface area contributed by atoms with Gasteiger partial charge in [-0.3, -0.25) is 0 Å². The molecule has 4 heteroatoms. The van der Waals surface area contributed by atoms with E-state index in [0.717, 1.165) is 6.54 Å². The minimum atomic E-state index is -0.361. The smallest absolute Gasteiger partial charge is 0.126 e. The van der Waals surface area contributed by atoms with Crippen molar-refractivity contribution in [1.29, 1.82) is 5.26 Å². The standard InChI is InChI=1S/C12H13FN2S/c13-10-4-9(7-14)5-11(6-10)15-8-12-2-1-3-16-12/h4-6,12,15H,1-3,8H2. The first kappa shape index (κ1) is 11.3. The maximum atomic E-state index is 13.1. The number of hydrogen-bond acceptors (Lipinski definition) is 3. The maximum Gasteiger partial charge on any atom is 0.126 e. The van der Waals surface area contributed by atoms with E-state index in [1.807, 2.05) is 17.8 Å². The number of nitrogens with one attached hydrogen (secondary N) is 1. The Morgan fingerprint density at radius 2 is 2.38 bits per heavy atom. The van der Waals surface area contributed by atoms with E-state index in [1.165, 1.54) is 30.7 Å². The van der Waals surface area contributed by atoms with Gasteiger partial charge in [0.1, 0.15) is 5.82 Å². The zero-order valence-electron chi connectivity index (χ0n) is 8.87. The normalized spacial score (nSPS) is 19.4. The fraction of sp³-hybridized carbons (Fsp3) is 0.417. The van der Waals surface area contributed by atoms with Gasteiger partial charge in [-0.05, 0) is 36.8 Å². The first-order valence-electron chi connectivity index (χ1n) is 5.34. The summed E-state index contributed by atoms with van der Waals surface area (Å²) in [7, 11) is 0. The number of nitriles is 1. The summed E-state index contributed by atoms with van der Waals surface area (Å²) in [4.78, 5) is 0. The second kappa shape index (κ2) is 5.22. The van der Waals surface area contributed by atoms with E-state index in [-0.39, 0.29) is 5.82 Å². The molecule has 0 bridgehead atoms. The number of nitrogens with zero attached hydrogens (tertiary/aromatic N) is 1. The van der Waals surface area contributed by atoms with Crippen LogP contribution in [0.2, 0.25) is 0 Å². The Kier molecular flexibility index (Phi) is 3.68. The second-order valence-electron chi connectivity index (χ2n) is 3.86. The van der Waals surface area contributed by atoms with Gasteiger partial charge in [0.25, 0.3) is 0 Å². The minimum absolute atomic E-state index is 0.361. The lowest BCUT2D eigenvalue weighted by atomic mass is 10.2. The second-order valence-corrected chi connectivity index (χ2v) is 5.26. The van der Waals surface area contributed by atoms with Crippen molar-refractivity contribution >= 4 is 17.4 Å². The quantitative estimate of drug-likeness (QED) is 0.876. The van der Waals surface area contributed by atoms with E-state index in [4.69, 9.17) is 5.26 Å². The third kappa shape index (κ3) is 2.89. The molecule has 0 amide bonds. The van der Waals surface area contributed by atoms with Crippen LogP contribution in [0, 0.1) is 17.1 Å². The summed E-state index contributed by atoms with van der Waals surface area (Å²) in [5.41, 5.74) is 1.06. The number of halogens is 1. The van der Waals surface area contributed by atoms with Crippen LogP contribution in [0.5, 0.6) is 0 Å². The highest BCUT2D eigenvalue weighted by molar-refractivity contribution is 8.00. The van der Waals surface area contributed by atoms with E-state index in [0.29, 0.717) is 16.5 Å². The van der Waals surface area contributed by atoms with Crippen molar-refractivity contribution in [3.8, 4) is 6.07 Å². The summed E-state index contributed by atoms with van der Waals surface area (Å²) in [5, 5.41) is 12.5. The predicted octanol–water partition coefficient (Wildman–Crippen LogP) is 3.00. The Bertz CT molecular complexity index is 408. The van der Waals surface area contributed by atoms with Crippen LogP contribution in [0.3, 0.4) is 0 Å². The molecule has 1 saturated heterocycles. The third-order valence-electron chi connectivity index (χ3n) is 2.58. The molecule has 1 aliphatic rings. The van der Waals surface area contributed by atoms with Gasteiger partial charge in [0.05, 0.1) is 11.6 Å². The Hall–Kier alpha value is -1.21. The minimum Gasteiger partial charge on any atom is -0.384 e. The summed E-state index contributed by atoms with van der Waals surface area (Å²) in [5.74, 6) is 0.861. The Morgan fingerprint density at radius 3 is 3.06 bits per heavy atom. The van der Waals surface area contributed by atoms with Crippen molar-refractivity contribution < 1.29 is 4.39 Å². The molecule has 0 saturated carbocycles.